The van der Waals surface area contributed by atoms with Crippen LogP contribution in [0.15, 0.2) is 47.8 Å². The molecule has 0 bridgehead atoms. The fraction of sp³-hybridized carbons (Fsp3) is 0.0769. The van der Waals surface area contributed by atoms with Gasteiger partial charge >= 0.3 is 6.36 Å². The molecule has 0 saturated carbocycles. The summed E-state index contributed by atoms with van der Waals surface area (Å²) in [6.45, 7) is 0. The van der Waals surface area contributed by atoms with E-state index in [0.717, 1.165) is 12.1 Å². The van der Waals surface area contributed by atoms with Crippen LogP contribution >= 0.6 is 0 Å². The highest BCUT2D eigenvalue weighted by molar-refractivity contribution is 5.73. The first kappa shape index (κ1) is 14.6. The number of nitrogens with zero attached hydrogens (tertiary/aromatic N) is 1. The molecule has 5 nitrogen and oxygen atoms in total. The molecule has 2 rings (SSSR count). The van der Waals surface area contributed by atoms with Crippen molar-refractivity contribution in [2.75, 3.05) is 5.73 Å². The second kappa shape index (κ2) is 5.70. The van der Waals surface area contributed by atoms with Crippen LogP contribution in [0.5, 0.6) is 11.5 Å². The zero-order chi connectivity index (χ0) is 15.5. The molecule has 0 radical (unpaired) electrons. The van der Waals surface area contributed by atoms with Gasteiger partial charge in [0.2, 0.25) is 0 Å². The Bertz CT molecular complexity index is 642. The Hall–Kier alpha value is -2.77. The third-order valence-electron chi connectivity index (χ3n) is 2.54. The molecule has 0 atom stereocenters. The third-order valence-corrected chi connectivity index (χ3v) is 2.54. The van der Waals surface area contributed by atoms with E-state index >= 15 is 0 Å². The molecule has 0 heterocycles. The van der Waals surface area contributed by atoms with Crippen molar-refractivity contribution in [3.8, 4) is 22.6 Å². The van der Waals surface area contributed by atoms with E-state index in [9.17, 15) is 18.1 Å². The topological polar surface area (TPSA) is 73.9 Å². The molecule has 2 aromatic rings. The highest BCUT2D eigenvalue weighted by Crippen LogP contribution is 2.33. The summed E-state index contributed by atoms with van der Waals surface area (Å²) in [5, 5.41) is 2.32. The minimum Gasteiger partial charge on any atom is -0.406 e. The van der Waals surface area contributed by atoms with Crippen molar-refractivity contribution in [3.05, 3.63) is 47.4 Å². The lowest BCUT2D eigenvalue weighted by atomic mass is 10.0. The summed E-state index contributed by atoms with van der Waals surface area (Å²) in [6.07, 6.45) is -4.75. The van der Waals surface area contributed by atoms with Gasteiger partial charge in [-0.05, 0) is 29.8 Å². The van der Waals surface area contributed by atoms with Crippen molar-refractivity contribution in [2.45, 2.75) is 6.36 Å². The number of ether oxygens (including phenoxy) is 1. The Morgan fingerprint density at radius 2 is 1.71 bits per heavy atom. The highest BCUT2D eigenvalue weighted by Gasteiger charge is 2.31. The number of rotatable bonds is 4. The maximum atomic E-state index is 12.1. The zero-order valence-corrected chi connectivity index (χ0v) is 10.4. The second-order valence-corrected chi connectivity index (χ2v) is 3.99. The molecule has 0 aliphatic rings. The van der Waals surface area contributed by atoms with Crippen molar-refractivity contribution < 1.29 is 22.7 Å². The molecule has 0 aliphatic heterocycles. The lowest BCUT2D eigenvalue weighted by molar-refractivity contribution is -0.274. The van der Waals surface area contributed by atoms with Crippen molar-refractivity contribution in [1.29, 1.82) is 0 Å². The van der Waals surface area contributed by atoms with Crippen LogP contribution in [0.2, 0.25) is 0 Å². The lowest BCUT2D eigenvalue weighted by Crippen LogP contribution is -2.16. The van der Waals surface area contributed by atoms with Gasteiger partial charge in [-0.3, -0.25) is 0 Å². The molecule has 8 heteroatoms. The molecule has 0 spiro atoms. The van der Waals surface area contributed by atoms with Crippen LogP contribution < -0.4 is 15.3 Å². The van der Waals surface area contributed by atoms with Gasteiger partial charge in [0.15, 0.2) is 11.1 Å². The molecular formula is C13H9F3N2O3. The summed E-state index contributed by atoms with van der Waals surface area (Å²) in [5.41, 5.74) is 6.89. The van der Waals surface area contributed by atoms with Gasteiger partial charge in [-0.15, -0.1) is 18.1 Å². The highest BCUT2D eigenvalue weighted by atomic mass is 19.4. The number of nitrogen functional groups attached to an aromatic ring is 1. The largest absolute Gasteiger partial charge is 0.573 e. The van der Waals surface area contributed by atoms with Crippen LogP contribution in [0.1, 0.15) is 0 Å². The summed E-state index contributed by atoms with van der Waals surface area (Å²) >= 11 is 0. The first-order valence-corrected chi connectivity index (χ1v) is 5.64. The summed E-state index contributed by atoms with van der Waals surface area (Å²) in [4.78, 5) is 14.8. The number of alkyl halides is 3. The molecule has 0 saturated heterocycles. The maximum Gasteiger partial charge on any atom is 0.573 e. The fourth-order valence-corrected chi connectivity index (χ4v) is 1.73. The third kappa shape index (κ3) is 3.85. The summed E-state index contributed by atoms with van der Waals surface area (Å²) < 4.78 is 40.0. The van der Waals surface area contributed by atoms with Crippen LogP contribution in [-0.2, 0) is 0 Å². The van der Waals surface area contributed by atoms with Crippen molar-refractivity contribution in [3.63, 3.8) is 0 Å². The Labute approximate surface area is 117 Å². The van der Waals surface area contributed by atoms with Crippen LogP contribution in [0.25, 0.3) is 11.1 Å². The molecule has 0 aromatic heterocycles. The van der Waals surface area contributed by atoms with E-state index in [1.54, 1.807) is 12.1 Å². The number of hydrogen-bond donors (Lipinski definition) is 1. The quantitative estimate of drug-likeness (QED) is 0.528. The lowest BCUT2D eigenvalue weighted by Gasteiger charge is -2.10. The molecule has 2 aromatic carbocycles. The van der Waals surface area contributed by atoms with Gasteiger partial charge in [0, 0.05) is 17.3 Å². The minimum absolute atomic E-state index is 0.106. The second-order valence-electron chi connectivity index (χ2n) is 3.99. The predicted octanol–water partition coefficient (Wildman–Crippen LogP) is 3.89. The number of anilines is 1. The summed E-state index contributed by atoms with van der Waals surface area (Å²) in [6, 6.07) is 9.60. The smallest absolute Gasteiger partial charge is 0.406 e. The van der Waals surface area contributed by atoms with Gasteiger partial charge in [-0.2, -0.15) is 0 Å². The van der Waals surface area contributed by atoms with Gasteiger partial charge in [-0.25, -0.2) is 0 Å². The van der Waals surface area contributed by atoms with Gasteiger partial charge in [0.1, 0.15) is 5.75 Å². The predicted molar refractivity (Wildman–Crippen MR) is 69.4 cm³/mol. The first-order valence-electron chi connectivity index (χ1n) is 5.64. The molecule has 110 valence electrons. The summed E-state index contributed by atoms with van der Waals surface area (Å²) in [5.74, 6) is -0.243. The van der Waals surface area contributed by atoms with Crippen LogP contribution in [-0.4, -0.2) is 6.36 Å². The molecule has 0 fully saturated rings. The summed E-state index contributed by atoms with van der Waals surface area (Å²) in [7, 11) is 0. The Kier molecular flexibility index (Phi) is 3.97. The number of benzene rings is 2. The van der Waals surface area contributed by atoms with E-state index < -0.39 is 6.36 Å². The van der Waals surface area contributed by atoms with Crippen LogP contribution in [0, 0.1) is 4.91 Å². The Morgan fingerprint density at radius 1 is 1.05 bits per heavy atom. The Morgan fingerprint density at radius 3 is 2.29 bits per heavy atom. The van der Waals surface area contributed by atoms with E-state index in [1.165, 1.54) is 18.2 Å². The van der Waals surface area contributed by atoms with Gasteiger partial charge < -0.3 is 15.3 Å². The van der Waals surface area contributed by atoms with Gasteiger partial charge in [0.05, 0.1) is 0 Å². The maximum absolute atomic E-state index is 12.1. The molecule has 0 aliphatic carbocycles. The zero-order valence-electron chi connectivity index (χ0n) is 10.4. The SMILES string of the molecule is Nc1ccc(-c2ccc(OC(F)(F)F)cc2)c(ON=O)c1. The van der Waals surface area contributed by atoms with Gasteiger partial charge in [0.25, 0.3) is 0 Å². The molecule has 0 unspecified atom stereocenters. The van der Waals surface area contributed by atoms with E-state index in [4.69, 9.17) is 5.73 Å². The monoisotopic (exact) mass is 298 g/mol. The van der Waals surface area contributed by atoms with E-state index in [2.05, 4.69) is 14.9 Å². The molecule has 21 heavy (non-hydrogen) atoms. The van der Waals surface area contributed by atoms with Crippen LogP contribution in [0.3, 0.4) is 0 Å². The average molecular weight is 298 g/mol. The Balaban J connectivity index is 2.32. The first-order chi connectivity index (χ1) is 9.89. The van der Waals surface area contributed by atoms with Crippen LogP contribution in [0.4, 0.5) is 18.9 Å². The van der Waals surface area contributed by atoms with Crippen molar-refractivity contribution in [2.24, 2.45) is 5.34 Å². The van der Waals surface area contributed by atoms with Crippen molar-refractivity contribution >= 4 is 5.69 Å². The van der Waals surface area contributed by atoms with Gasteiger partial charge in [-0.1, -0.05) is 12.1 Å². The number of halogens is 3. The van der Waals surface area contributed by atoms with E-state index in [1.807, 2.05) is 0 Å². The molecule has 2 N–H and O–H groups in total. The average Bonchev–Trinajstić information content (AvgIpc) is 2.39. The number of hydrogen-bond acceptors (Lipinski definition) is 5. The number of nitrogens with two attached hydrogens (primary N) is 1. The minimum atomic E-state index is -4.75. The molecular weight excluding hydrogens is 289 g/mol. The van der Waals surface area contributed by atoms with E-state index in [0.29, 0.717) is 16.8 Å². The fourth-order valence-electron chi connectivity index (χ4n) is 1.73. The molecule has 0 amide bonds. The standard InChI is InChI=1S/C13H9F3N2O3/c14-13(15,16)20-10-4-1-8(2-5-10)11-6-3-9(17)7-12(11)21-18-19/h1-7H,17H2. The normalized spacial score (nSPS) is 11.0. The van der Waals surface area contributed by atoms with E-state index in [-0.39, 0.29) is 11.5 Å². The van der Waals surface area contributed by atoms with Crippen molar-refractivity contribution in [1.82, 2.24) is 0 Å².